The van der Waals surface area contributed by atoms with Crippen LogP contribution in [-0.2, 0) is 4.79 Å². The summed E-state index contributed by atoms with van der Waals surface area (Å²) < 4.78 is 14.7. The number of aromatic nitrogens is 1. The standard InChI is InChI=1S/C18H14ClFN4OS/c1-10-4-6-12(9-22-10)24-17(26)23(16(25)18(24,2)3)13-7-5-11(8-21)14(19)15(13)20/h4-7,9H,1-3H3. The summed E-state index contributed by atoms with van der Waals surface area (Å²) in [4.78, 5) is 20.0. The van der Waals surface area contributed by atoms with E-state index in [1.165, 1.54) is 12.1 Å². The minimum atomic E-state index is -1.04. The molecule has 0 radical (unpaired) electrons. The number of benzene rings is 1. The fraction of sp³-hybridized carbons (Fsp3) is 0.222. The van der Waals surface area contributed by atoms with Gasteiger partial charge in [0.2, 0.25) is 0 Å². The Morgan fingerprint density at radius 1 is 1.31 bits per heavy atom. The summed E-state index contributed by atoms with van der Waals surface area (Å²) in [5, 5.41) is 8.75. The molecular formula is C18H14ClFN4OS. The van der Waals surface area contributed by atoms with Gasteiger partial charge in [-0.2, -0.15) is 5.26 Å². The summed E-state index contributed by atoms with van der Waals surface area (Å²) in [6, 6.07) is 8.10. The summed E-state index contributed by atoms with van der Waals surface area (Å²) >= 11 is 11.4. The van der Waals surface area contributed by atoms with Gasteiger partial charge < -0.3 is 4.90 Å². The molecule has 2 aromatic rings. The van der Waals surface area contributed by atoms with Gasteiger partial charge in [0.05, 0.1) is 28.2 Å². The number of carbonyl (C=O) groups is 1. The maximum atomic E-state index is 14.7. The summed E-state index contributed by atoms with van der Waals surface area (Å²) in [6.07, 6.45) is 1.61. The average Bonchev–Trinajstić information content (AvgIpc) is 2.77. The molecule has 132 valence electrons. The number of hydrogen-bond donors (Lipinski definition) is 0. The van der Waals surface area contributed by atoms with Crippen LogP contribution in [0.2, 0.25) is 5.02 Å². The van der Waals surface area contributed by atoms with E-state index in [1.807, 2.05) is 6.92 Å². The Morgan fingerprint density at radius 3 is 2.58 bits per heavy atom. The van der Waals surface area contributed by atoms with Crippen LogP contribution in [0.1, 0.15) is 25.1 Å². The number of anilines is 2. The third-order valence-electron chi connectivity index (χ3n) is 4.25. The van der Waals surface area contributed by atoms with E-state index < -0.39 is 17.3 Å². The van der Waals surface area contributed by atoms with Gasteiger partial charge in [-0.15, -0.1) is 0 Å². The van der Waals surface area contributed by atoms with E-state index in [4.69, 9.17) is 29.1 Å². The van der Waals surface area contributed by atoms with Crippen LogP contribution in [0.5, 0.6) is 0 Å². The maximum absolute atomic E-state index is 14.7. The second-order valence-corrected chi connectivity index (χ2v) is 7.09. The van der Waals surface area contributed by atoms with Crippen molar-refractivity contribution >= 4 is 46.2 Å². The van der Waals surface area contributed by atoms with Gasteiger partial charge in [-0.05, 0) is 57.3 Å². The number of halogens is 2. The molecule has 0 spiro atoms. The molecule has 8 heteroatoms. The fourth-order valence-corrected chi connectivity index (χ4v) is 3.55. The van der Waals surface area contributed by atoms with Gasteiger partial charge in [0.25, 0.3) is 5.91 Å². The normalized spacial score (nSPS) is 16.2. The molecule has 0 bridgehead atoms. The quantitative estimate of drug-likeness (QED) is 0.728. The van der Waals surface area contributed by atoms with Gasteiger partial charge in [0.15, 0.2) is 10.9 Å². The van der Waals surface area contributed by atoms with Crippen molar-refractivity contribution in [2.75, 3.05) is 9.80 Å². The molecule has 2 heterocycles. The smallest absolute Gasteiger partial charge is 0.259 e. The van der Waals surface area contributed by atoms with Gasteiger partial charge in [-0.3, -0.25) is 14.7 Å². The molecule has 0 saturated carbocycles. The first kappa shape index (κ1) is 18.2. The van der Waals surface area contributed by atoms with E-state index >= 15 is 0 Å². The molecule has 0 aliphatic carbocycles. The Kier molecular flexibility index (Phi) is 4.42. The highest BCUT2D eigenvalue weighted by atomic mass is 35.5. The minimum absolute atomic E-state index is 0.00988. The third-order valence-corrected chi connectivity index (χ3v) is 4.98. The Bertz CT molecular complexity index is 968. The zero-order valence-electron chi connectivity index (χ0n) is 14.2. The van der Waals surface area contributed by atoms with Crippen molar-refractivity contribution in [1.82, 2.24) is 4.98 Å². The van der Waals surface area contributed by atoms with Crippen molar-refractivity contribution < 1.29 is 9.18 Å². The Morgan fingerprint density at radius 2 is 2.00 bits per heavy atom. The Balaban J connectivity index is 2.13. The molecule has 1 aromatic heterocycles. The highest BCUT2D eigenvalue weighted by Crippen LogP contribution is 2.38. The molecule has 0 atom stereocenters. The van der Waals surface area contributed by atoms with E-state index in [-0.39, 0.29) is 21.4 Å². The molecule has 1 aliphatic heterocycles. The Hall–Kier alpha value is -2.56. The van der Waals surface area contributed by atoms with Crippen LogP contribution in [-0.4, -0.2) is 21.5 Å². The van der Waals surface area contributed by atoms with Crippen molar-refractivity contribution in [1.29, 1.82) is 5.26 Å². The van der Waals surface area contributed by atoms with Gasteiger partial charge in [0.1, 0.15) is 11.6 Å². The number of amides is 1. The monoisotopic (exact) mass is 388 g/mol. The lowest BCUT2D eigenvalue weighted by atomic mass is 10.0. The highest BCUT2D eigenvalue weighted by molar-refractivity contribution is 7.81. The van der Waals surface area contributed by atoms with Crippen LogP contribution in [0, 0.1) is 24.1 Å². The van der Waals surface area contributed by atoms with Crippen LogP contribution in [0.4, 0.5) is 15.8 Å². The first-order valence-corrected chi connectivity index (χ1v) is 8.48. The third kappa shape index (κ3) is 2.62. The van der Waals surface area contributed by atoms with Crippen LogP contribution in [0.25, 0.3) is 0 Å². The summed E-state index contributed by atoms with van der Waals surface area (Å²) in [6.45, 7) is 5.25. The van der Waals surface area contributed by atoms with Crippen LogP contribution in [0.15, 0.2) is 30.5 Å². The number of pyridine rings is 1. The second-order valence-electron chi connectivity index (χ2n) is 6.35. The number of carbonyl (C=O) groups excluding carboxylic acids is 1. The van der Waals surface area contributed by atoms with Gasteiger partial charge in [0, 0.05) is 5.69 Å². The maximum Gasteiger partial charge on any atom is 0.259 e. The number of rotatable bonds is 2. The molecule has 26 heavy (non-hydrogen) atoms. The first-order chi connectivity index (χ1) is 12.2. The lowest BCUT2D eigenvalue weighted by molar-refractivity contribution is -0.120. The predicted molar refractivity (Wildman–Crippen MR) is 102 cm³/mol. The van der Waals surface area contributed by atoms with E-state index in [2.05, 4.69) is 4.98 Å². The molecular weight excluding hydrogens is 375 g/mol. The van der Waals surface area contributed by atoms with Crippen molar-refractivity contribution in [3.05, 3.63) is 52.6 Å². The zero-order chi connectivity index (χ0) is 19.2. The van der Waals surface area contributed by atoms with E-state index in [1.54, 1.807) is 43.1 Å². The fourth-order valence-electron chi connectivity index (χ4n) is 2.83. The molecule has 1 fully saturated rings. The number of nitriles is 1. The molecule has 1 aromatic carbocycles. The second kappa shape index (κ2) is 6.31. The molecule has 1 aliphatic rings. The number of aryl methyl sites for hydroxylation is 1. The van der Waals surface area contributed by atoms with Gasteiger partial charge in [-0.1, -0.05) is 11.6 Å². The largest absolute Gasteiger partial charge is 0.302 e. The van der Waals surface area contributed by atoms with E-state index in [0.717, 1.165) is 10.6 Å². The minimum Gasteiger partial charge on any atom is -0.302 e. The SMILES string of the molecule is Cc1ccc(N2C(=S)N(c3ccc(C#N)c(Cl)c3F)C(=O)C2(C)C)cn1. The van der Waals surface area contributed by atoms with Crippen LogP contribution in [0.3, 0.4) is 0 Å². The highest BCUT2D eigenvalue weighted by Gasteiger charge is 2.51. The summed E-state index contributed by atoms with van der Waals surface area (Å²) in [5.74, 6) is -1.26. The van der Waals surface area contributed by atoms with E-state index in [0.29, 0.717) is 5.69 Å². The van der Waals surface area contributed by atoms with Crippen molar-refractivity contribution in [2.45, 2.75) is 26.3 Å². The predicted octanol–water partition coefficient (Wildman–Crippen LogP) is 3.97. The lowest BCUT2D eigenvalue weighted by Gasteiger charge is -2.29. The topological polar surface area (TPSA) is 60.2 Å². The molecule has 0 N–H and O–H groups in total. The number of thiocarbonyl (C=S) groups is 1. The molecule has 3 rings (SSSR count). The molecule has 0 unspecified atom stereocenters. The molecule has 1 amide bonds. The molecule has 1 saturated heterocycles. The lowest BCUT2D eigenvalue weighted by Crippen LogP contribution is -2.44. The van der Waals surface area contributed by atoms with Crippen LogP contribution < -0.4 is 9.80 Å². The van der Waals surface area contributed by atoms with Crippen molar-refractivity contribution in [2.24, 2.45) is 0 Å². The van der Waals surface area contributed by atoms with Gasteiger partial charge >= 0.3 is 0 Å². The van der Waals surface area contributed by atoms with Crippen molar-refractivity contribution in [3.63, 3.8) is 0 Å². The number of hydrogen-bond acceptors (Lipinski definition) is 4. The van der Waals surface area contributed by atoms with Crippen LogP contribution >= 0.6 is 23.8 Å². The Labute approximate surface area is 160 Å². The summed E-state index contributed by atoms with van der Waals surface area (Å²) in [5.41, 5.74) is 0.316. The number of nitrogens with zero attached hydrogens (tertiary/aromatic N) is 4. The van der Waals surface area contributed by atoms with Crippen molar-refractivity contribution in [3.8, 4) is 6.07 Å². The average molecular weight is 389 g/mol. The molecule has 5 nitrogen and oxygen atoms in total. The van der Waals surface area contributed by atoms with Gasteiger partial charge in [-0.25, -0.2) is 4.39 Å². The first-order valence-electron chi connectivity index (χ1n) is 7.69. The summed E-state index contributed by atoms with van der Waals surface area (Å²) in [7, 11) is 0. The zero-order valence-corrected chi connectivity index (χ0v) is 15.8. The van der Waals surface area contributed by atoms with E-state index in [9.17, 15) is 9.18 Å².